The Labute approximate surface area is 95.1 Å². The molecule has 88 valence electrons. The monoisotopic (exact) mass is 210 g/mol. The number of hydrogen-bond acceptors (Lipinski definition) is 2. The van der Waals surface area contributed by atoms with E-state index in [0.29, 0.717) is 11.8 Å². The first-order valence-electron chi connectivity index (χ1n) is 5.91. The van der Waals surface area contributed by atoms with Gasteiger partial charge in [-0.2, -0.15) is 5.26 Å². The highest BCUT2D eigenvalue weighted by Gasteiger charge is 2.19. The Kier molecular flexibility index (Phi) is 5.90. The van der Waals surface area contributed by atoms with Gasteiger partial charge in [-0.1, -0.05) is 34.6 Å². The SMILES string of the molecule is CCC(C)(C)CNCC(C)(C)CCC#N. The van der Waals surface area contributed by atoms with Crippen molar-refractivity contribution >= 4 is 0 Å². The van der Waals surface area contributed by atoms with Crippen molar-refractivity contribution in [3.63, 3.8) is 0 Å². The van der Waals surface area contributed by atoms with Gasteiger partial charge < -0.3 is 5.32 Å². The maximum Gasteiger partial charge on any atom is 0.0621 e. The van der Waals surface area contributed by atoms with Crippen LogP contribution < -0.4 is 5.32 Å². The van der Waals surface area contributed by atoms with Crippen molar-refractivity contribution in [2.45, 2.75) is 53.9 Å². The molecular weight excluding hydrogens is 184 g/mol. The zero-order valence-corrected chi connectivity index (χ0v) is 11.0. The van der Waals surface area contributed by atoms with E-state index in [0.717, 1.165) is 19.5 Å². The van der Waals surface area contributed by atoms with Crippen molar-refractivity contribution in [1.29, 1.82) is 5.26 Å². The van der Waals surface area contributed by atoms with Crippen LogP contribution in [0.25, 0.3) is 0 Å². The Balaban J connectivity index is 3.80. The summed E-state index contributed by atoms with van der Waals surface area (Å²) < 4.78 is 0. The highest BCUT2D eigenvalue weighted by atomic mass is 14.9. The number of rotatable bonds is 7. The summed E-state index contributed by atoms with van der Waals surface area (Å²) >= 11 is 0. The Morgan fingerprint density at radius 2 is 1.60 bits per heavy atom. The first-order chi connectivity index (χ1) is 6.83. The van der Waals surface area contributed by atoms with E-state index in [4.69, 9.17) is 5.26 Å². The summed E-state index contributed by atoms with van der Waals surface area (Å²) in [6.07, 6.45) is 2.83. The van der Waals surface area contributed by atoms with Crippen LogP contribution >= 0.6 is 0 Å². The van der Waals surface area contributed by atoms with E-state index >= 15 is 0 Å². The van der Waals surface area contributed by atoms with Crippen LogP contribution in [0.5, 0.6) is 0 Å². The second-order valence-corrected chi connectivity index (χ2v) is 5.94. The van der Waals surface area contributed by atoms with Crippen molar-refractivity contribution in [2.24, 2.45) is 10.8 Å². The molecule has 0 aromatic rings. The van der Waals surface area contributed by atoms with Gasteiger partial charge >= 0.3 is 0 Å². The summed E-state index contributed by atoms with van der Waals surface area (Å²) in [5, 5.41) is 12.1. The van der Waals surface area contributed by atoms with Gasteiger partial charge in [-0.3, -0.25) is 0 Å². The van der Waals surface area contributed by atoms with E-state index in [1.807, 2.05) is 0 Å². The third kappa shape index (κ3) is 7.39. The van der Waals surface area contributed by atoms with Gasteiger partial charge in [-0.25, -0.2) is 0 Å². The van der Waals surface area contributed by atoms with Crippen molar-refractivity contribution in [2.75, 3.05) is 13.1 Å². The molecule has 2 heteroatoms. The molecule has 0 aromatic heterocycles. The molecule has 0 aromatic carbocycles. The van der Waals surface area contributed by atoms with Crippen LogP contribution in [0.4, 0.5) is 0 Å². The van der Waals surface area contributed by atoms with Gasteiger partial charge in [0.25, 0.3) is 0 Å². The molecule has 15 heavy (non-hydrogen) atoms. The molecule has 0 atom stereocenters. The fraction of sp³-hybridized carbons (Fsp3) is 0.923. The molecule has 1 N–H and O–H groups in total. The Bertz CT molecular complexity index is 211. The predicted octanol–water partition coefficient (Wildman–Crippen LogP) is 3.34. The number of nitrogens with one attached hydrogen (secondary N) is 1. The molecule has 0 bridgehead atoms. The highest BCUT2D eigenvalue weighted by molar-refractivity contribution is 4.80. The van der Waals surface area contributed by atoms with Crippen molar-refractivity contribution in [3.05, 3.63) is 0 Å². The van der Waals surface area contributed by atoms with Crippen LogP contribution in [-0.2, 0) is 0 Å². The molecule has 0 aliphatic heterocycles. The maximum absolute atomic E-state index is 8.55. The second kappa shape index (κ2) is 6.12. The van der Waals surface area contributed by atoms with Crippen LogP contribution in [0.1, 0.15) is 53.9 Å². The topological polar surface area (TPSA) is 35.8 Å². The first-order valence-corrected chi connectivity index (χ1v) is 5.91. The summed E-state index contributed by atoms with van der Waals surface area (Å²) in [5.41, 5.74) is 0.616. The minimum Gasteiger partial charge on any atom is -0.316 e. The standard InChI is InChI=1S/C13H26N2/c1-6-12(2,3)10-15-11-13(4,5)8-7-9-14/h15H,6-8,10-11H2,1-5H3. The van der Waals surface area contributed by atoms with Crippen LogP contribution in [0.3, 0.4) is 0 Å². The van der Waals surface area contributed by atoms with Gasteiger partial charge in [-0.15, -0.1) is 0 Å². The molecule has 0 saturated carbocycles. The molecule has 0 fully saturated rings. The Hall–Kier alpha value is -0.550. The van der Waals surface area contributed by atoms with Gasteiger partial charge in [0.15, 0.2) is 0 Å². The zero-order chi connectivity index (χ0) is 11.9. The smallest absolute Gasteiger partial charge is 0.0621 e. The molecule has 0 rings (SSSR count). The summed E-state index contributed by atoms with van der Waals surface area (Å²) in [5.74, 6) is 0. The normalized spacial score (nSPS) is 12.5. The predicted molar refractivity (Wildman–Crippen MR) is 65.6 cm³/mol. The lowest BCUT2D eigenvalue weighted by molar-refractivity contribution is 0.270. The molecule has 0 heterocycles. The molecule has 2 nitrogen and oxygen atoms in total. The number of nitriles is 1. The lowest BCUT2D eigenvalue weighted by Crippen LogP contribution is -2.35. The summed E-state index contributed by atoms with van der Waals surface area (Å²) in [4.78, 5) is 0. The lowest BCUT2D eigenvalue weighted by Gasteiger charge is -2.28. The molecule has 0 aliphatic rings. The van der Waals surface area contributed by atoms with Crippen molar-refractivity contribution < 1.29 is 0 Å². The summed E-state index contributed by atoms with van der Waals surface area (Å²) in [6, 6.07) is 2.21. The van der Waals surface area contributed by atoms with Gasteiger partial charge in [0.1, 0.15) is 0 Å². The van der Waals surface area contributed by atoms with E-state index in [-0.39, 0.29) is 5.41 Å². The largest absolute Gasteiger partial charge is 0.316 e. The lowest BCUT2D eigenvalue weighted by atomic mass is 9.86. The Morgan fingerprint density at radius 1 is 1.07 bits per heavy atom. The summed E-state index contributed by atoms with van der Waals surface area (Å²) in [6.45, 7) is 13.3. The number of hydrogen-bond donors (Lipinski definition) is 1. The summed E-state index contributed by atoms with van der Waals surface area (Å²) in [7, 11) is 0. The van der Waals surface area contributed by atoms with Crippen LogP contribution in [0.15, 0.2) is 0 Å². The van der Waals surface area contributed by atoms with Crippen LogP contribution in [-0.4, -0.2) is 13.1 Å². The quantitative estimate of drug-likeness (QED) is 0.699. The fourth-order valence-corrected chi connectivity index (χ4v) is 1.35. The average molecular weight is 210 g/mol. The second-order valence-electron chi connectivity index (χ2n) is 5.94. The van der Waals surface area contributed by atoms with Crippen LogP contribution in [0.2, 0.25) is 0 Å². The fourth-order valence-electron chi connectivity index (χ4n) is 1.35. The minimum atomic E-state index is 0.236. The van der Waals surface area contributed by atoms with E-state index in [1.54, 1.807) is 0 Å². The van der Waals surface area contributed by atoms with E-state index in [9.17, 15) is 0 Å². The molecule has 0 spiro atoms. The van der Waals surface area contributed by atoms with Gasteiger partial charge in [0, 0.05) is 19.5 Å². The van der Waals surface area contributed by atoms with E-state index in [2.05, 4.69) is 46.0 Å². The van der Waals surface area contributed by atoms with Crippen molar-refractivity contribution in [1.82, 2.24) is 5.32 Å². The van der Waals surface area contributed by atoms with Gasteiger partial charge in [0.05, 0.1) is 6.07 Å². The number of nitrogens with zero attached hydrogens (tertiary/aromatic N) is 1. The van der Waals surface area contributed by atoms with Gasteiger partial charge in [0.2, 0.25) is 0 Å². The van der Waals surface area contributed by atoms with E-state index in [1.165, 1.54) is 6.42 Å². The molecule has 0 amide bonds. The Morgan fingerprint density at radius 3 is 2.07 bits per heavy atom. The molecular formula is C13H26N2. The van der Waals surface area contributed by atoms with Gasteiger partial charge in [-0.05, 0) is 23.7 Å². The van der Waals surface area contributed by atoms with E-state index < -0.39 is 0 Å². The average Bonchev–Trinajstić information content (AvgIpc) is 2.14. The maximum atomic E-state index is 8.55. The molecule has 0 aliphatic carbocycles. The third-order valence-corrected chi connectivity index (χ3v) is 3.08. The minimum absolute atomic E-state index is 0.236. The molecule has 0 saturated heterocycles. The zero-order valence-electron chi connectivity index (χ0n) is 11.0. The third-order valence-electron chi connectivity index (χ3n) is 3.08. The van der Waals surface area contributed by atoms with Crippen molar-refractivity contribution in [3.8, 4) is 6.07 Å². The molecule has 0 unspecified atom stereocenters. The first kappa shape index (κ1) is 14.5. The molecule has 0 radical (unpaired) electrons. The highest BCUT2D eigenvalue weighted by Crippen LogP contribution is 2.22. The van der Waals surface area contributed by atoms with Crippen LogP contribution in [0, 0.1) is 22.2 Å².